The SMILES string of the molecule is CCCCC/C=C\[CH-]/C=C\[CH-]/C=C\[CH-]/C=C\CCCC(C)=O.[Y].[Y].[Y].[Y].[Y].[Y]. The Balaban J connectivity index is -0.000000147. The summed E-state index contributed by atoms with van der Waals surface area (Å²) in [4.78, 5) is 10.7. The van der Waals surface area contributed by atoms with Gasteiger partial charge in [-0.1, -0.05) is 45.4 Å². The fraction of sp³-hybridized carbons (Fsp3) is 0.429. The number of unbranched alkanes of at least 4 members (excludes halogenated alkanes) is 4. The molecule has 0 fully saturated rings. The van der Waals surface area contributed by atoms with Crippen molar-refractivity contribution in [1.82, 2.24) is 0 Å². The van der Waals surface area contributed by atoms with E-state index in [2.05, 4.69) is 31.6 Å². The average Bonchev–Trinajstić information content (AvgIpc) is 2.50. The van der Waals surface area contributed by atoms with Gasteiger partial charge in [0.05, 0.1) is 0 Å². The standard InChI is InChI=1S/C21H31O.6Y/c1-3-4-5-6-7-8-9-10-11-12-13-14-15-16-17-18-19-20-21(2)22;;;;;;/h7-17H,3-6,18-20H2,1-2H3;;;;;;/q-3;;;;;;/b8-7-,11-10-,14-13-,17-16-;;;;;;. The Labute approximate surface area is 326 Å². The summed E-state index contributed by atoms with van der Waals surface area (Å²) in [6, 6.07) is 0. The first-order valence-electron chi connectivity index (χ1n) is 8.41. The second-order valence-corrected chi connectivity index (χ2v) is 5.29. The molecule has 0 aliphatic rings. The van der Waals surface area contributed by atoms with E-state index in [1.807, 2.05) is 43.2 Å². The normalized spacial score (nSPS) is 9.36. The van der Waals surface area contributed by atoms with Crippen LogP contribution in [0.3, 0.4) is 0 Å². The molecule has 0 amide bonds. The zero-order valence-electron chi connectivity index (χ0n) is 17.7. The minimum Gasteiger partial charge on any atom is -0.300 e. The van der Waals surface area contributed by atoms with Gasteiger partial charge in [0.1, 0.15) is 5.78 Å². The van der Waals surface area contributed by atoms with Crippen molar-refractivity contribution in [2.24, 2.45) is 0 Å². The van der Waals surface area contributed by atoms with E-state index in [0.29, 0.717) is 6.42 Å². The van der Waals surface area contributed by atoms with Gasteiger partial charge in [0.2, 0.25) is 0 Å². The van der Waals surface area contributed by atoms with Gasteiger partial charge < -0.3 is 4.79 Å². The molecule has 0 unspecified atom stereocenters. The van der Waals surface area contributed by atoms with E-state index in [4.69, 9.17) is 0 Å². The Bertz CT molecular complexity index is 379. The van der Waals surface area contributed by atoms with Gasteiger partial charge in [0, 0.05) is 203 Å². The summed E-state index contributed by atoms with van der Waals surface area (Å²) in [5.41, 5.74) is 0. The quantitative estimate of drug-likeness (QED) is 0.152. The number of Topliss-reactive ketones (excluding diaryl/α,β-unsaturated/α-hetero) is 1. The Morgan fingerprint density at radius 3 is 1.43 bits per heavy atom. The van der Waals surface area contributed by atoms with Crippen LogP contribution in [-0.4, -0.2) is 5.78 Å². The molecule has 7 heteroatoms. The summed E-state index contributed by atoms with van der Waals surface area (Å²) in [6.45, 7) is 3.87. The molecule has 0 saturated carbocycles. The Hall–Kier alpha value is 4.86. The van der Waals surface area contributed by atoms with Crippen LogP contribution in [-0.2, 0) is 201 Å². The predicted octanol–water partition coefficient (Wildman–Crippen LogP) is 6.15. The molecule has 0 aromatic heterocycles. The summed E-state index contributed by atoms with van der Waals surface area (Å²) in [7, 11) is 0. The monoisotopic (exact) mass is 833 g/mol. The molecule has 0 aromatic rings. The van der Waals surface area contributed by atoms with Crippen LogP contribution < -0.4 is 0 Å². The molecule has 0 aromatic carbocycles. The third-order valence-electron chi connectivity index (χ3n) is 3.04. The minimum atomic E-state index is 0. The summed E-state index contributed by atoms with van der Waals surface area (Å²) in [5.74, 6) is 0.270. The topological polar surface area (TPSA) is 17.1 Å². The molecule has 142 valence electrons. The largest absolute Gasteiger partial charge is 0.300 e. The summed E-state index contributed by atoms with van der Waals surface area (Å²) >= 11 is 0. The van der Waals surface area contributed by atoms with Gasteiger partial charge >= 0.3 is 0 Å². The van der Waals surface area contributed by atoms with E-state index in [1.165, 1.54) is 25.7 Å². The number of hydrogen-bond acceptors (Lipinski definition) is 1. The van der Waals surface area contributed by atoms with Gasteiger partial charge in [0.25, 0.3) is 0 Å². The first kappa shape index (κ1) is 49.9. The van der Waals surface area contributed by atoms with Crippen LogP contribution in [0.2, 0.25) is 0 Å². The van der Waals surface area contributed by atoms with Crippen molar-refractivity contribution >= 4 is 5.78 Å². The van der Waals surface area contributed by atoms with Gasteiger partial charge in [-0.3, -0.25) is 30.7 Å². The van der Waals surface area contributed by atoms with E-state index in [0.717, 1.165) is 12.8 Å². The van der Waals surface area contributed by atoms with Crippen molar-refractivity contribution in [2.45, 2.75) is 58.8 Å². The van der Waals surface area contributed by atoms with Gasteiger partial charge in [-0.05, 0) is 6.92 Å². The fourth-order valence-electron chi connectivity index (χ4n) is 1.78. The number of rotatable bonds is 14. The molecule has 0 N–H and O–H groups in total. The van der Waals surface area contributed by atoms with E-state index in [9.17, 15) is 4.79 Å². The molecule has 6 radical (unpaired) electrons. The molecule has 0 spiro atoms. The zero-order chi connectivity index (χ0) is 16.3. The van der Waals surface area contributed by atoms with Crippen molar-refractivity contribution < 1.29 is 201 Å². The van der Waals surface area contributed by atoms with Crippen LogP contribution in [0.25, 0.3) is 0 Å². The third kappa shape index (κ3) is 48.3. The molecule has 0 aliphatic heterocycles. The molecule has 0 aliphatic carbocycles. The van der Waals surface area contributed by atoms with Gasteiger partial charge in [-0.15, -0.1) is 0 Å². The molecular weight excluding hydrogens is 802 g/mol. The molecule has 0 rings (SSSR count). The van der Waals surface area contributed by atoms with Crippen LogP contribution in [0.4, 0.5) is 0 Å². The molecule has 28 heavy (non-hydrogen) atoms. The number of allylic oxidation sites excluding steroid dienone is 8. The van der Waals surface area contributed by atoms with Crippen LogP contribution in [0, 0.1) is 19.3 Å². The number of carbonyl (C=O) groups excluding carboxylic acids is 1. The fourth-order valence-corrected chi connectivity index (χ4v) is 1.78. The molecule has 1 nitrogen and oxygen atoms in total. The third-order valence-corrected chi connectivity index (χ3v) is 3.04. The Kier molecular flexibility index (Phi) is 80.8. The van der Waals surface area contributed by atoms with Crippen LogP contribution in [0.5, 0.6) is 0 Å². The van der Waals surface area contributed by atoms with Gasteiger partial charge in [0.15, 0.2) is 0 Å². The van der Waals surface area contributed by atoms with E-state index < -0.39 is 0 Å². The molecule has 0 heterocycles. The van der Waals surface area contributed by atoms with E-state index in [-0.39, 0.29) is 202 Å². The average molecular weight is 833 g/mol. The summed E-state index contributed by atoms with van der Waals surface area (Å²) < 4.78 is 0. The summed E-state index contributed by atoms with van der Waals surface area (Å²) in [6.07, 6.45) is 30.3. The molecule has 0 atom stereocenters. The van der Waals surface area contributed by atoms with E-state index in [1.54, 1.807) is 6.92 Å². The van der Waals surface area contributed by atoms with Gasteiger partial charge in [-0.2, -0.15) is 24.3 Å². The second-order valence-electron chi connectivity index (χ2n) is 5.29. The number of carbonyl (C=O) groups is 1. The molecule has 0 bridgehead atoms. The van der Waals surface area contributed by atoms with E-state index >= 15 is 0 Å². The molecular formula is C21H31OY6-3. The maximum atomic E-state index is 10.7. The first-order valence-corrected chi connectivity index (χ1v) is 8.41. The van der Waals surface area contributed by atoms with Crippen LogP contribution in [0.1, 0.15) is 58.8 Å². The van der Waals surface area contributed by atoms with Crippen molar-refractivity contribution in [3.05, 3.63) is 67.9 Å². The number of hydrogen-bond donors (Lipinski definition) is 0. The predicted molar refractivity (Wildman–Crippen MR) is 98.1 cm³/mol. The minimum absolute atomic E-state index is 0. The van der Waals surface area contributed by atoms with Gasteiger partial charge in [-0.25, -0.2) is 12.8 Å². The zero-order valence-corrected chi connectivity index (χ0v) is 34.7. The van der Waals surface area contributed by atoms with Crippen LogP contribution >= 0.6 is 0 Å². The van der Waals surface area contributed by atoms with Crippen molar-refractivity contribution in [1.29, 1.82) is 0 Å². The maximum absolute atomic E-state index is 10.7. The maximum Gasteiger partial charge on any atom is 0.129 e. The smallest absolute Gasteiger partial charge is 0.129 e. The Morgan fingerprint density at radius 1 is 0.643 bits per heavy atom. The first-order chi connectivity index (χ1) is 10.8. The molecule has 0 saturated heterocycles. The van der Waals surface area contributed by atoms with Crippen LogP contribution in [0.15, 0.2) is 48.6 Å². The van der Waals surface area contributed by atoms with Crippen molar-refractivity contribution in [3.63, 3.8) is 0 Å². The van der Waals surface area contributed by atoms with Crippen molar-refractivity contribution in [3.8, 4) is 0 Å². The number of ketones is 1. The van der Waals surface area contributed by atoms with Crippen molar-refractivity contribution in [2.75, 3.05) is 0 Å². The summed E-state index contributed by atoms with van der Waals surface area (Å²) in [5, 5.41) is 0. The second kappa shape index (κ2) is 45.4. The Morgan fingerprint density at radius 2 is 1.04 bits per heavy atom.